The zero-order valence-corrected chi connectivity index (χ0v) is 16.9. The van der Waals surface area contributed by atoms with Crippen LogP contribution in [0.5, 0.6) is 5.75 Å². The molecule has 1 N–H and O–H groups in total. The summed E-state index contributed by atoms with van der Waals surface area (Å²) in [7, 11) is 1.65. The molecule has 0 unspecified atom stereocenters. The van der Waals surface area contributed by atoms with Crippen molar-refractivity contribution in [2.24, 2.45) is 0 Å². The molecular weight excluding hydrogens is 372 g/mol. The van der Waals surface area contributed by atoms with Gasteiger partial charge in [-0.25, -0.2) is 4.79 Å². The second-order valence-electron chi connectivity index (χ2n) is 6.37. The van der Waals surface area contributed by atoms with Crippen molar-refractivity contribution in [3.8, 4) is 5.75 Å². The number of rotatable bonds is 8. The maximum atomic E-state index is 12.7. The van der Waals surface area contributed by atoms with Crippen molar-refractivity contribution in [3.63, 3.8) is 0 Å². The number of amides is 2. The molecule has 0 radical (unpaired) electrons. The van der Waals surface area contributed by atoms with Crippen molar-refractivity contribution in [1.29, 1.82) is 0 Å². The van der Waals surface area contributed by atoms with Crippen LogP contribution >= 0.6 is 11.3 Å². The molecule has 1 heterocycles. The van der Waals surface area contributed by atoms with Crippen molar-refractivity contribution in [2.75, 3.05) is 19.0 Å². The third kappa shape index (κ3) is 5.53. The van der Waals surface area contributed by atoms with Gasteiger partial charge >= 0.3 is 6.03 Å². The summed E-state index contributed by atoms with van der Waals surface area (Å²) < 4.78 is 5.25. The Morgan fingerprint density at radius 3 is 2.64 bits per heavy atom. The zero-order valence-electron chi connectivity index (χ0n) is 16.1. The van der Waals surface area contributed by atoms with Gasteiger partial charge in [-0.1, -0.05) is 60.7 Å². The fourth-order valence-corrected chi connectivity index (χ4v) is 3.59. The van der Waals surface area contributed by atoms with Gasteiger partial charge in [0.15, 0.2) is 0 Å². The maximum absolute atomic E-state index is 12.7. The molecule has 2 aromatic carbocycles. The van der Waals surface area contributed by atoms with Crippen LogP contribution in [0.4, 0.5) is 9.93 Å². The summed E-state index contributed by atoms with van der Waals surface area (Å²) in [5, 5.41) is 12.6. The van der Waals surface area contributed by atoms with E-state index in [1.165, 1.54) is 11.3 Å². The van der Waals surface area contributed by atoms with Crippen LogP contribution in [-0.2, 0) is 13.0 Å². The predicted molar refractivity (Wildman–Crippen MR) is 112 cm³/mol. The highest BCUT2D eigenvalue weighted by Crippen LogP contribution is 2.21. The van der Waals surface area contributed by atoms with Crippen LogP contribution in [0.2, 0.25) is 0 Å². The number of hydrogen-bond donors (Lipinski definition) is 1. The average molecular weight is 397 g/mol. The number of anilines is 1. The second-order valence-corrected chi connectivity index (χ2v) is 7.43. The van der Waals surface area contributed by atoms with Crippen LogP contribution in [0.25, 0.3) is 0 Å². The normalized spacial score (nSPS) is 10.5. The molecule has 0 bridgehead atoms. The third-order valence-electron chi connectivity index (χ3n) is 4.17. The molecule has 0 saturated heterocycles. The first-order valence-electron chi connectivity index (χ1n) is 9.23. The molecule has 2 amide bonds. The van der Waals surface area contributed by atoms with E-state index in [0.29, 0.717) is 24.6 Å². The number of carbonyl (C=O) groups is 1. The summed E-state index contributed by atoms with van der Waals surface area (Å²) in [4.78, 5) is 14.5. The van der Waals surface area contributed by atoms with Gasteiger partial charge in [-0.3, -0.25) is 5.32 Å². The molecule has 0 aliphatic heterocycles. The van der Waals surface area contributed by atoms with E-state index in [1.807, 2.05) is 54.6 Å². The summed E-state index contributed by atoms with van der Waals surface area (Å²) in [6.07, 6.45) is 1.53. The van der Waals surface area contributed by atoms with E-state index >= 15 is 0 Å². The molecule has 3 rings (SSSR count). The molecular formula is C21H24N4O2S. The molecule has 0 atom stereocenters. The van der Waals surface area contributed by atoms with Gasteiger partial charge in [0.1, 0.15) is 10.8 Å². The van der Waals surface area contributed by atoms with E-state index in [-0.39, 0.29) is 6.03 Å². The Morgan fingerprint density at radius 1 is 1.11 bits per heavy atom. The van der Waals surface area contributed by atoms with Gasteiger partial charge in [0.25, 0.3) is 0 Å². The van der Waals surface area contributed by atoms with Gasteiger partial charge in [0.05, 0.1) is 7.11 Å². The fourth-order valence-electron chi connectivity index (χ4n) is 2.83. The van der Waals surface area contributed by atoms with E-state index in [1.54, 1.807) is 12.0 Å². The molecule has 0 aliphatic rings. The van der Waals surface area contributed by atoms with E-state index in [2.05, 4.69) is 22.4 Å². The van der Waals surface area contributed by atoms with Crippen LogP contribution < -0.4 is 10.1 Å². The van der Waals surface area contributed by atoms with Gasteiger partial charge in [0.2, 0.25) is 5.13 Å². The van der Waals surface area contributed by atoms with E-state index in [9.17, 15) is 4.79 Å². The topological polar surface area (TPSA) is 67.4 Å². The predicted octanol–water partition coefficient (Wildman–Crippen LogP) is 4.58. The number of methoxy groups -OCH3 is 1. The number of nitrogens with zero attached hydrogens (tertiary/aromatic N) is 3. The Balaban J connectivity index is 1.62. The molecule has 0 saturated carbocycles. The van der Waals surface area contributed by atoms with Crippen molar-refractivity contribution in [1.82, 2.24) is 15.1 Å². The van der Waals surface area contributed by atoms with Gasteiger partial charge in [0, 0.05) is 19.5 Å². The van der Waals surface area contributed by atoms with Gasteiger partial charge < -0.3 is 9.64 Å². The number of urea groups is 1. The van der Waals surface area contributed by atoms with Crippen molar-refractivity contribution in [3.05, 3.63) is 70.7 Å². The number of ether oxygens (including phenoxy) is 1. The monoisotopic (exact) mass is 396 g/mol. The lowest BCUT2D eigenvalue weighted by Gasteiger charge is -2.21. The van der Waals surface area contributed by atoms with Crippen LogP contribution in [0.15, 0.2) is 54.6 Å². The van der Waals surface area contributed by atoms with Crippen molar-refractivity contribution >= 4 is 22.5 Å². The number of aromatic nitrogens is 2. The first-order chi connectivity index (χ1) is 13.7. The molecule has 6 nitrogen and oxygen atoms in total. The first-order valence-corrected chi connectivity index (χ1v) is 10.0. The van der Waals surface area contributed by atoms with Crippen LogP contribution in [0.1, 0.15) is 29.5 Å². The highest BCUT2D eigenvalue weighted by atomic mass is 32.1. The van der Waals surface area contributed by atoms with Crippen molar-refractivity contribution < 1.29 is 9.53 Å². The minimum absolute atomic E-state index is 0.158. The third-order valence-corrected chi connectivity index (χ3v) is 5.01. The fraction of sp³-hybridized carbons (Fsp3) is 0.286. The summed E-state index contributed by atoms with van der Waals surface area (Å²) in [6, 6.07) is 17.7. The smallest absolute Gasteiger partial charge is 0.323 e. The summed E-state index contributed by atoms with van der Waals surface area (Å²) >= 11 is 1.39. The number of hydrogen-bond acceptors (Lipinski definition) is 5. The average Bonchev–Trinajstić information content (AvgIpc) is 3.15. The molecule has 7 heteroatoms. The molecule has 1 aromatic heterocycles. The lowest BCUT2D eigenvalue weighted by atomic mass is 10.1. The largest absolute Gasteiger partial charge is 0.497 e. The summed E-state index contributed by atoms with van der Waals surface area (Å²) in [5.74, 6) is 0.812. The number of nitrogens with one attached hydrogen (secondary N) is 1. The van der Waals surface area contributed by atoms with E-state index in [0.717, 1.165) is 28.3 Å². The van der Waals surface area contributed by atoms with Crippen LogP contribution in [0.3, 0.4) is 0 Å². The summed E-state index contributed by atoms with van der Waals surface area (Å²) in [6.45, 7) is 3.30. The van der Waals surface area contributed by atoms with Crippen LogP contribution in [0, 0.1) is 0 Å². The van der Waals surface area contributed by atoms with E-state index in [4.69, 9.17) is 4.74 Å². The molecule has 0 fully saturated rings. The highest BCUT2D eigenvalue weighted by Gasteiger charge is 2.16. The van der Waals surface area contributed by atoms with Gasteiger partial charge in [-0.05, 0) is 29.7 Å². The zero-order chi connectivity index (χ0) is 19.8. The Kier molecular flexibility index (Phi) is 6.97. The summed E-state index contributed by atoms with van der Waals surface area (Å²) in [5.41, 5.74) is 2.19. The Hall–Kier alpha value is -2.93. The van der Waals surface area contributed by atoms with Gasteiger partial charge in [-0.2, -0.15) is 0 Å². The number of carbonyl (C=O) groups excluding carboxylic acids is 1. The first kappa shape index (κ1) is 19.8. The van der Waals surface area contributed by atoms with Crippen molar-refractivity contribution in [2.45, 2.75) is 26.3 Å². The highest BCUT2D eigenvalue weighted by molar-refractivity contribution is 7.15. The lowest BCUT2D eigenvalue weighted by molar-refractivity contribution is 0.209. The molecule has 0 spiro atoms. The Bertz CT molecular complexity index is 898. The van der Waals surface area contributed by atoms with Crippen LogP contribution in [-0.4, -0.2) is 34.8 Å². The SMILES string of the molecule is CCCN(Cc1ccccc1)C(=O)Nc1nnc(Cc2cccc(OC)c2)s1. The standard InChI is InChI=1S/C21H24N4O2S/c1-3-12-25(15-16-8-5-4-6-9-16)21(26)22-20-24-23-19(28-20)14-17-10-7-11-18(13-17)27-2/h4-11,13H,3,12,14-15H2,1-2H3,(H,22,24,26). The second kappa shape index (κ2) is 9.85. The van der Waals surface area contributed by atoms with E-state index < -0.39 is 0 Å². The molecule has 146 valence electrons. The number of benzene rings is 2. The van der Waals surface area contributed by atoms with Gasteiger partial charge in [-0.15, -0.1) is 10.2 Å². The minimum atomic E-state index is -0.158. The molecule has 3 aromatic rings. The minimum Gasteiger partial charge on any atom is -0.497 e. The maximum Gasteiger partial charge on any atom is 0.323 e. The lowest BCUT2D eigenvalue weighted by Crippen LogP contribution is -2.35. The Labute approximate surface area is 169 Å². The quantitative estimate of drug-likeness (QED) is 0.605. The molecule has 28 heavy (non-hydrogen) atoms. The molecule has 0 aliphatic carbocycles. The Morgan fingerprint density at radius 2 is 1.89 bits per heavy atom.